The van der Waals surface area contributed by atoms with Crippen LogP contribution in [0.2, 0.25) is 0 Å². The van der Waals surface area contributed by atoms with E-state index in [4.69, 9.17) is 0 Å². The van der Waals surface area contributed by atoms with Gasteiger partial charge in [0.25, 0.3) is 0 Å². The van der Waals surface area contributed by atoms with E-state index in [2.05, 4.69) is 79.8 Å². The van der Waals surface area contributed by atoms with E-state index in [1.165, 1.54) is 17.5 Å². The lowest BCUT2D eigenvalue weighted by atomic mass is 9.98. The van der Waals surface area contributed by atoms with Crippen LogP contribution in [-0.4, -0.2) is 6.54 Å². The Labute approximate surface area is 116 Å². The highest BCUT2D eigenvalue weighted by Crippen LogP contribution is 2.22. The average Bonchev–Trinajstić information content (AvgIpc) is 2.49. The predicted molar refractivity (Wildman–Crippen MR) is 82.2 cm³/mol. The topological polar surface area (TPSA) is 12.0 Å². The molecule has 0 heterocycles. The molecule has 0 radical (unpaired) electrons. The molecule has 0 saturated heterocycles. The number of hydrogen-bond donors (Lipinski definition) is 1. The third kappa shape index (κ3) is 3.93. The summed E-state index contributed by atoms with van der Waals surface area (Å²) in [6, 6.07) is 21.6. The van der Waals surface area contributed by atoms with Gasteiger partial charge in [-0.3, -0.25) is 0 Å². The summed E-state index contributed by atoms with van der Waals surface area (Å²) in [6.45, 7) is 5.58. The Morgan fingerprint density at radius 3 is 1.74 bits per heavy atom. The van der Waals surface area contributed by atoms with Crippen LogP contribution in [-0.2, 0) is 0 Å². The highest BCUT2D eigenvalue weighted by Gasteiger charge is 2.13. The van der Waals surface area contributed by atoms with Gasteiger partial charge in [-0.1, -0.05) is 80.9 Å². The lowest BCUT2D eigenvalue weighted by Crippen LogP contribution is -2.27. The molecule has 2 rings (SSSR count). The van der Waals surface area contributed by atoms with Gasteiger partial charge in [-0.05, 0) is 23.6 Å². The largest absolute Gasteiger partial charge is 0.306 e. The molecule has 0 amide bonds. The number of hydrogen-bond acceptors (Lipinski definition) is 1. The zero-order chi connectivity index (χ0) is 13.5. The smallest absolute Gasteiger partial charge is 0.0576 e. The molecule has 0 spiro atoms. The van der Waals surface area contributed by atoms with E-state index in [1.807, 2.05) is 0 Å². The molecule has 1 heteroatoms. The molecule has 0 aliphatic carbocycles. The zero-order valence-electron chi connectivity index (χ0n) is 11.8. The van der Waals surface area contributed by atoms with Crippen molar-refractivity contribution in [3.63, 3.8) is 0 Å². The minimum Gasteiger partial charge on any atom is -0.306 e. The maximum atomic E-state index is 3.70. The summed E-state index contributed by atoms with van der Waals surface area (Å²) in [5.41, 5.74) is 2.66. The molecule has 19 heavy (non-hydrogen) atoms. The molecule has 2 aromatic carbocycles. The van der Waals surface area contributed by atoms with Gasteiger partial charge >= 0.3 is 0 Å². The molecule has 100 valence electrons. The van der Waals surface area contributed by atoms with Crippen molar-refractivity contribution in [1.29, 1.82) is 0 Å². The lowest BCUT2D eigenvalue weighted by Gasteiger charge is -2.22. The first-order valence-corrected chi connectivity index (χ1v) is 7.14. The minimum atomic E-state index is 0.288. The van der Waals surface area contributed by atoms with E-state index < -0.39 is 0 Å². The van der Waals surface area contributed by atoms with E-state index in [-0.39, 0.29) is 6.04 Å². The monoisotopic (exact) mass is 253 g/mol. The van der Waals surface area contributed by atoms with Gasteiger partial charge in [-0.25, -0.2) is 0 Å². The van der Waals surface area contributed by atoms with Crippen LogP contribution in [0.3, 0.4) is 0 Å². The molecule has 1 N–H and O–H groups in total. The van der Waals surface area contributed by atoms with E-state index >= 15 is 0 Å². The molecule has 0 saturated carbocycles. The molecular weight excluding hydrogens is 230 g/mol. The maximum absolute atomic E-state index is 3.70. The summed E-state index contributed by atoms with van der Waals surface area (Å²) >= 11 is 0. The van der Waals surface area contributed by atoms with Gasteiger partial charge in [0.2, 0.25) is 0 Å². The fourth-order valence-electron chi connectivity index (χ4n) is 2.18. The molecule has 0 fully saturated rings. The van der Waals surface area contributed by atoms with Crippen LogP contribution in [0.4, 0.5) is 0 Å². The van der Waals surface area contributed by atoms with E-state index in [1.54, 1.807) is 0 Å². The van der Waals surface area contributed by atoms with E-state index in [0.29, 0.717) is 5.92 Å². The van der Waals surface area contributed by atoms with Crippen molar-refractivity contribution in [3.8, 4) is 0 Å². The Kier molecular flexibility index (Phi) is 5.17. The van der Waals surface area contributed by atoms with E-state index in [9.17, 15) is 0 Å². The van der Waals surface area contributed by atoms with Crippen molar-refractivity contribution in [2.24, 2.45) is 5.92 Å². The Morgan fingerprint density at radius 2 is 1.32 bits per heavy atom. The standard InChI is InChI=1S/C18H23N/c1-3-15(2)14-19-18(16-10-6-4-7-11-16)17-12-8-5-9-13-17/h4-13,15,18-19H,3,14H2,1-2H3. The van der Waals surface area contributed by atoms with Gasteiger partial charge in [0.05, 0.1) is 6.04 Å². The van der Waals surface area contributed by atoms with Gasteiger partial charge in [0.15, 0.2) is 0 Å². The van der Waals surface area contributed by atoms with Crippen LogP contribution in [0.1, 0.15) is 37.4 Å². The first kappa shape index (κ1) is 13.8. The molecule has 0 aromatic heterocycles. The first-order valence-electron chi connectivity index (χ1n) is 7.14. The van der Waals surface area contributed by atoms with Gasteiger partial charge in [-0.15, -0.1) is 0 Å². The Hall–Kier alpha value is -1.60. The second kappa shape index (κ2) is 7.10. The van der Waals surface area contributed by atoms with Crippen LogP contribution < -0.4 is 5.32 Å². The quantitative estimate of drug-likeness (QED) is 0.804. The molecule has 0 bridgehead atoms. The maximum Gasteiger partial charge on any atom is 0.0576 e. The Bertz CT molecular complexity index is 424. The van der Waals surface area contributed by atoms with Crippen LogP contribution in [0.15, 0.2) is 60.7 Å². The fraction of sp³-hybridized carbons (Fsp3) is 0.333. The highest BCUT2D eigenvalue weighted by atomic mass is 14.9. The molecule has 1 atom stereocenters. The lowest BCUT2D eigenvalue weighted by molar-refractivity contribution is 0.473. The fourth-order valence-corrected chi connectivity index (χ4v) is 2.18. The molecule has 1 nitrogen and oxygen atoms in total. The van der Waals surface area contributed by atoms with Crippen molar-refractivity contribution < 1.29 is 0 Å². The van der Waals surface area contributed by atoms with Crippen molar-refractivity contribution in [3.05, 3.63) is 71.8 Å². The third-order valence-electron chi connectivity index (χ3n) is 3.63. The van der Waals surface area contributed by atoms with Crippen molar-refractivity contribution in [2.75, 3.05) is 6.54 Å². The summed E-state index contributed by atoms with van der Waals surface area (Å²) in [5, 5.41) is 3.70. The van der Waals surface area contributed by atoms with Crippen LogP contribution >= 0.6 is 0 Å². The number of rotatable bonds is 6. The van der Waals surface area contributed by atoms with Crippen molar-refractivity contribution >= 4 is 0 Å². The number of nitrogens with one attached hydrogen (secondary N) is 1. The first-order chi connectivity index (χ1) is 9.31. The van der Waals surface area contributed by atoms with Gasteiger partial charge in [-0.2, -0.15) is 0 Å². The third-order valence-corrected chi connectivity index (χ3v) is 3.63. The van der Waals surface area contributed by atoms with Gasteiger partial charge in [0, 0.05) is 0 Å². The summed E-state index contributed by atoms with van der Waals surface area (Å²) in [6.07, 6.45) is 1.21. The normalized spacial score (nSPS) is 12.6. The summed E-state index contributed by atoms with van der Waals surface area (Å²) in [5.74, 6) is 0.704. The summed E-state index contributed by atoms with van der Waals surface area (Å²) < 4.78 is 0. The van der Waals surface area contributed by atoms with Crippen LogP contribution in [0.25, 0.3) is 0 Å². The second-order valence-corrected chi connectivity index (χ2v) is 5.18. The highest BCUT2D eigenvalue weighted by molar-refractivity contribution is 5.31. The number of benzene rings is 2. The van der Waals surface area contributed by atoms with Crippen LogP contribution in [0, 0.1) is 5.92 Å². The Balaban J connectivity index is 2.19. The SMILES string of the molecule is CCC(C)CNC(c1ccccc1)c1ccccc1. The zero-order valence-corrected chi connectivity index (χ0v) is 11.8. The second-order valence-electron chi connectivity index (χ2n) is 5.18. The van der Waals surface area contributed by atoms with E-state index in [0.717, 1.165) is 6.54 Å². The van der Waals surface area contributed by atoms with Crippen molar-refractivity contribution in [1.82, 2.24) is 5.32 Å². The molecule has 1 unspecified atom stereocenters. The predicted octanol–water partition coefficient (Wildman–Crippen LogP) is 4.41. The van der Waals surface area contributed by atoms with Crippen LogP contribution in [0.5, 0.6) is 0 Å². The van der Waals surface area contributed by atoms with Gasteiger partial charge < -0.3 is 5.32 Å². The molecular formula is C18H23N. The van der Waals surface area contributed by atoms with Crippen molar-refractivity contribution in [2.45, 2.75) is 26.3 Å². The Morgan fingerprint density at radius 1 is 0.842 bits per heavy atom. The minimum absolute atomic E-state index is 0.288. The van der Waals surface area contributed by atoms with Gasteiger partial charge in [0.1, 0.15) is 0 Å². The summed E-state index contributed by atoms with van der Waals surface area (Å²) in [4.78, 5) is 0. The molecule has 0 aliphatic rings. The molecule has 2 aromatic rings. The average molecular weight is 253 g/mol. The molecule has 0 aliphatic heterocycles. The summed E-state index contributed by atoms with van der Waals surface area (Å²) in [7, 11) is 0.